The molecule has 2 aromatic carbocycles. The van der Waals surface area contributed by atoms with Crippen LogP contribution in [-0.4, -0.2) is 16.5 Å². The summed E-state index contributed by atoms with van der Waals surface area (Å²) in [5, 5.41) is 1.58. The molecule has 0 radical (unpaired) electrons. The molecule has 0 bridgehead atoms. The van der Waals surface area contributed by atoms with E-state index in [1.54, 1.807) is 6.20 Å². The number of benzene rings is 2. The Morgan fingerprint density at radius 3 is 2.81 bits per heavy atom. The van der Waals surface area contributed by atoms with Gasteiger partial charge in [-0.05, 0) is 30.3 Å². The molecule has 21 heavy (non-hydrogen) atoms. The molecule has 0 saturated heterocycles. The maximum absolute atomic E-state index is 12.4. The van der Waals surface area contributed by atoms with E-state index in [9.17, 15) is 4.79 Å². The van der Waals surface area contributed by atoms with E-state index in [4.69, 9.17) is 11.6 Å². The van der Waals surface area contributed by atoms with Crippen LogP contribution < -0.4 is 0 Å². The van der Waals surface area contributed by atoms with E-state index < -0.39 is 0 Å². The van der Waals surface area contributed by atoms with Gasteiger partial charge in [-0.15, -0.1) is 11.8 Å². The summed E-state index contributed by atoms with van der Waals surface area (Å²) in [5.74, 6) is 0.479. The molecule has 1 aromatic heterocycles. The third kappa shape index (κ3) is 3.26. The number of hydrogen-bond donors (Lipinski definition) is 0. The Morgan fingerprint density at radius 1 is 1.10 bits per heavy atom. The molecule has 3 rings (SSSR count). The summed E-state index contributed by atoms with van der Waals surface area (Å²) in [6.45, 7) is 0. The molecule has 0 spiro atoms. The van der Waals surface area contributed by atoms with Crippen molar-refractivity contribution in [1.82, 2.24) is 4.98 Å². The number of rotatable bonds is 4. The first-order valence-electron chi connectivity index (χ1n) is 6.49. The summed E-state index contributed by atoms with van der Waals surface area (Å²) in [6.07, 6.45) is 1.73. The zero-order valence-electron chi connectivity index (χ0n) is 11.1. The molecule has 0 aliphatic heterocycles. The van der Waals surface area contributed by atoms with Gasteiger partial charge < -0.3 is 0 Å². The smallest absolute Gasteiger partial charge is 0.173 e. The monoisotopic (exact) mass is 313 g/mol. The minimum absolute atomic E-state index is 0.0959. The van der Waals surface area contributed by atoms with Gasteiger partial charge >= 0.3 is 0 Å². The highest BCUT2D eigenvalue weighted by Crippen LogP contribution is 2.24. The number of ketones is 1. The number of hydrogen-bond acceptors (Lipinski definition) is 3. The molecule has 0 saturated carbocycles. The predicted octanol–water partition coefficient (Wildman–Crippen LogP) is 4.86. The van der Waals surface area contributed by atoms with Gasteiger partial charge in [-0.2, -0.15) is 0 Å². The lowest BCUT2D eigenvalue weighted by atomic mass is 10.1. The Labute approximate surface area is 132 Å². The van der Waals surface area contributed by atoms with E-state index in [1.807, 2.05) is 54.6 Å². The van der Waals surface area contributed by atoms with E-state index >= 15 is 0 Å². The fourth-order valence-corrected chi connectivity index (χ4v) is 3.22. The molecule has 0 amide bonds. The number of nitrogens with zero attached hydrogens (tertiary/aromatic N) is 1. The van der Waals surface area contributed by atoms with Crippen molar-refractivity contribution in [2.75, 3.05) is 5.75 Å². The third-order valence-corrected chi connectivity index (χ3v) is 4.34. The van der Waals surface area contributed by atoms with E-state index in [1.165, 1.54) is 11.8 Å². The first-order valence-corrected chi connectivity index (χ1v) is 7.86. The van der Waals surface area contributed by atoms with Crippen LogP contribution in [0, 0.1) is 0 Å². The Bertz CT molecular complexity index is 798. The van der Waals surface area contributed by atoms with Gasteiger partial charge in [0, 0.05) is 27.1 Å². The summed E-state index contributed by atoms with van der Waals surface area (Å²) < 4.78 is 0. The van der Waals surface area contributed by atoms with Crippen molar-refractivity contribution in [1.29, 1.82) is 0 Å². The van der Waals surface area contributed by atoms with Gasteiger partial charge in [0.1, 0.15) is 0 Å². The van der Waals surface area contributed by atoms with E-state index in [-0.39, 0.29) is 5.78 Å². The number of aromatic nitrogens is 1. The topological polar surface area (TPSA) is 30.0 Å². The Balaban J connectivity index is 1.81. The van der Waals surface area contributed by atoms with Crippen molar-refractivity contribution in [2.45, 2.75) is 4.90 Å². The van der Waals surface area contributed by atoms with E-state index in [2.05, 4.69) is 4.98 Å². The normalized spacial score (nSPS) is 10.7. The number of halogens is 1. The standard InChI is InChI=1S/C17H12ClNOS/c18-12-4-1-5-13(10-12)21-11-17(20)15-6-2-8-16-14(15)7-3-9-19-16/h1-10H,11H2. The second-order valence-electron chi connectivity index (χ2n) is 4.54. The molecule has 0 unspecified atom stereocenters. The van der Waals surface area contributed by atoms with Crippen LogP contribution in [0.15, 0.2) is 65.7 Å². The van der Waals surface area contributed by atoms with Gasteiger partial charge in [-0.1, -0.05) is 35.9 Å². The zero-order valence-corrected chi connectivity index (χ0v) is 12.7. The van der Waals surface area contributed by atoms with Gasteiger partial charge in [0.05, 0.1) is 11.3 Å². The predicted molar refractivity (Wildman–Crippen MR) is 88.2 cm³/mol. The Kier molecular flexibility index (Phi) is 4.23. The SMILES string of the molecule is O=C(CSc1cccc(Cl)c1)c1cccc2ncccc12. The summed E-state index contributed by atoms with van der Waals surface area (Å²) in [7, 11) is 0. The zero-order chi connectivity index (χ0) is 14.7. The van der Waals surface area contributed by atoms with Crippen LogP contribution in [0.1, 0.15) is 10.4 Å². The maximum atomic E-state index is 12.4. The second-order valence-corrected chi connectivity index (χ2v) is 6.03. The number of Topliss-reactive ketones (excluding diaryl/α,β-unsaturated/α-hetero) is 1. The number of fused-ring (bicyclic) bond motifs is 1. The summed E-state index contributed by atoms with van der Waals surface area (Å²) in [6, 6.07) is 16.9. The minimum Gasteiger partial charge on any atom is -0.293 e. The lowest BCUT2D eigenvalue weighted by Crippen LogP contribution is -2.03. The Hall–Kier alpha value is -1.84. The lowest BCUT2D eigenvalue weighted by Gasteiger charge is -2.05. The van der Waals surface area contributed by atoms with Crippen LogP contribution in [-0.2, 0) is 0 Å². The maximum Gasteiger partial charge on any atom is 0.173 e. The molecular formula is C17H12ClNOS. The number of carbonyl (C=O) groups is 1. The molecule has 1 heterocycles. The molecule has 0 aliphatic carbocycles. The molecule has 4 heteroatoms. The summed E-state index contributed by atoms with van der Waals surface area (Å²) in [4.78, 5) is 17.7. The van der Waals surface area contributed by atoms with Crippen molar-refractivity contribution < 1.29 is 4.79 Å². The van der Waals surface area contributed by atoms with Crippen LogP contribution >= 0.6 is 23.4 Å². The van der Waals surface area contributed by atoms with Gasteiger partial charge in [0.2, 0.25) is 0 Å². The highest BCUT2D eigenvalue weighted by Gasteiger charge is 2.10. The fourth-order valence-electron chi connectivity index (χ4n) is 2.13. The van der Waals surface area contributed by atoms with Gasteiger partial charge in [0.15, 0.2) is 5.78 Å². The minimum atomic E-state index is 0.0959. The quantitative estimate of drug-likeness (QED) is 0.509. The van der Waals surface area contributed by atoms with Crippen LogP contribution in [0.4, 0.5) is 0 Å². The van der Waals surface area contributed by atoms with Gasteiger partial charge in [0.25, 0.3) is 0 Å². The highest BCUT2D eigenvalue weighted by atomic mass is 35.5. The van der Waals surface area contributed by atoms with Crippen molar-refractivity contribution in [3.8, 4) is 0 Å². The average molecular weight is 314 g/mol. The van der Waals surface area contributed by atoms with Crippen molar-refractivity contribution in [2.24, 2.45) is 0 Å². The Morgan fingerprint density at radius 2 is 1.95 bits per heavy atom. The summed E-state index contributed by atoms with van der Waals surface area (Å²) >= 11 is 7.44. The largest absolute Gasteiger partial charge is 0.293 e. The number of pyridine rings is 1. The van der Waals surface area contributed by atoms with Gasteiger partial charge in [-0.3, -0.25) is 9.78 Å². The fraction of sp³-hybridized carbons (Fsp3) is 0.0588. The molecule has 0 atom stereocenters. The second kappa shape index (κ2) is 6.29. The molecule has 2 nitrogen and oxygen atoms in total. The number of carbonyl (C=O) groups excluding carboxylic acids is 1. The van der Waals surface area contributed by atoms with Crippen molar-refractivity contribution >= 4 is 40.0 Å². The highest BCUT2D eigenvalue weighted by molar-refractivity contribution is 8.00. The molecule has 0 fully saturated rings. The van der Waals surface area contributed by atoms with Crippen LogP contribution in [0.2, 0.25) is 5.02 Å². The van der Waals surface area contributed by atoms with Crippen molar-refractivity contribution in [3.05, 3.63) is 71.4 Å². The molecule has 0 N–H and O–H groups in total. The molecule has 3 aromatic rings. The molecule has 104 valence electrons. The third-order valence-electron chi connectivity index (χ3n) is 3.11. The molecular weight excluding hydrogens is 302 g/mol. The van der Waals surface area contributed by atoms with E-state index in [0.717, 1.165) is 21.4 Å². The first kappa shape index (κ1) is 14.1. The summed E-state index contributed by atoms with van der Waals surface area (Å²) in [5.41, 5.74) is 1.56. The van der Waals surface area contributed by atoms with Crippen LogP contribution in [0.3, 0.4) is 0 Å². The van der Waals surface area contributed by atoms with Crippen LogP contribution in [0.5, 0.6) is 0 Å². The number of thioether (sulfide) groups is 1. The van der Waals surface area contributed by atoms with Crippen molar-refractivity contribution in [3.63, 3.8) is 0 Å². The first-order chi connectivity index (χ1) is 10.2. The van der Waals surface area contributed by atoms with E-state index in [0.29, 0.717) is 10.8 Å². The van der Waals surface area contributed by atoms with Crippen LogP contribution in [0.25, 0.3) is 10.9 Å². The molecule has 0 aliphatic rings. The average Bonchev–Trinajstić information content (AvgIpc) is 2.52. The lowest BCUT2D eigenvalue weighted by molar-refractivity contribution is 0.102. The van der Waals surface area contributed by atoms with Gasteiger partial charge in [-0.25, -0.2) is 0 Å².